The van der Waals surface area contributed by atoms with Gasteiger partial charge in [0, 0.05) is 10.6 Å². The van der Waals surface area contributed by atoms with Gasteiger partial charge in [0.25, 0.3) is 5.91 Å². The van der Waals surface area contributed by atoms with Crippen LogP contribution in [0.5, 0.6) is 5.75 Å². The molecule has 4 aromatic rings. The molecular formula is C22H19ClN4O2S. The molecular weight excluding hydrogens is 420 g/mol. The molecule has 0 unspecified atom stereocenters. The maximum atomic E-state index is 12.5. The minimum atomic E-state index is -0.248. The van der Waals surface area contributed by atoms with Crippen LogP contribution in [0.15, 0.2) is 66.3 Å². The van der Waals surface area contributed by atoms with Crippen LogP contribution in [0.2, 0.25) is 5.02 Å². The van der Waals surface area contributed by atoms with E-state index in [1.165, 1.54) is 11.3 Å². The molecule has 0 aliphatic heterocycles. The molecule has 0 saturated heterocycles. The van der Waals surface area contributed by atoms with Crippen LogP contribution in [0.1, 0.15) is 26.4 Å². The van der Waals surface area contributed by atoms with Gasteiger partial charge in [-0.25, -0.2) is 9.67 Å². The first-order chi connectivity index (χ1) is 14.5. The number of halogens is 1. The van der Waals surface area contributed by atoms with E-state index in [-0.39, 0.29) is 11.9 Å². The van der Waals surface area contributed by atoms with Crippen molar-refractivity contribution in [3.8, 4) is 5.75 Å². The highest BCUT2D eigenvalue weighted by Crippen LogP contribution is 2.19. The number of thiophene rings is 1. The molecule has 1 amide bonds. The van der Waals surface area contributed by atoms with Crippen molar-refractivity contribution in [2.24, 2.45) is 0 Å². The number of hydrogen-bond donors (Lipinski definition) is 1. The zero-order valence-electron chi connectivity index (χ0n) is 16.2. The molecule has 8 heteroatoms. The topological polar surface area (TPSA) is 69.0 Å². The lowest BCUT2D eigenvalue weighted by Crippen LogP contribution is -2.12. The van der Waals surface area contributed by atoms with Crippen molar-refractivity contribution in [2.75, 3.05) is 5.32 Å². The molecule has 0 atom stereocenters. The van der Waals surface area contributed by atoms with Crippen molar-refractivity contribution in [2.45, 2.75) is 20.1 Å². The Morgan fingerprint density at radius 3 is 2.87 bits per heavy atom. The summed E-state index contributed by atoms with van der Waals surface area (Å²) in [5.74, 6) is 0.817. The van der Waals surface area contributed by atoms with Crippen molar-refractivity contribution < 1.29 is 9.53 Å². The first-order valence-electron chi connectivity index (χ1n) is 9.27. The first kappa shape index (κ1) is 20.1. The van der Waals surface area contributed by atoms with Gasteiger partial charge in [0.1, 0.15) is 18.7 Å². The van der Waals surface area contributed by atoms with Crippen LogP contribution in [0.3, 0.4) is 0 Å². The highest BCUT2D eigenvalue weighted by atomic mass is 35.5. The van der Waals surface area contributed by atoms with E-state index in [1.807, 2.05) is 66.9 Å². The molecule has 0 spiro atoms. The number of nitrogens with zero attached hydrogens (tertiary/aromatic N) is 3. The second-order valence-corrected chi connectivity index (χ2v) is 8.12. The number of anilines is 1. The number of carbonyl (C=O) groups excluding carboxylic acids is 1. The third-order valence-corrected chi connectivity index (χ3v) is 5.48. The molecule has 0 bridgehead atoms. The van der Waals surface area contributed by atoms with E-state index in [2.05, 4.69) is 15.4 Å². The van der Waals surface area contributed by atoms with Gasteiger partial charge < -0.3 is 4.74 Å². The minimum Gasteiger partial charge on any atom is -0.489 e. The van der Waals surface area contributed by atoms with Crippen LogP contribution in [-0.4, -0.2) is 20.7 Å². The smallest absolute Gasteiger partial charge is 0.268 e. The van der Waals surface area contributed by atoms with Gasteiger partial charge in [0.15, 0.2) is 0 Å². The van der Waals surface area contributed by atoms with E-state index in [0.717, 1.165) is 22.4 Å². The molecule has 0 aliphatic carbocycles. The third kappa shape index (κ3) is 5.25. The predicted octanol–water partition coefficient (Wildman–Crippen LogP) is 5.18. The Hall–Kier alpha value is -3.16. The summed E-state index contributed by atoms with van der Waals surface area (Å²) >= 11 is 7.37. The van der Waals surface area contributed by atoms with Crippen LogP contribution in [0.4, 0.5) is 5.95 Å². The van der Waals surface area contributed by atoms with E-state index >= 15 is 0 Å². The largest absolute Gasteiger partial charge is 0.489 e. The Bertz CT molecular complexity index is 1170. The Balaban J connectivity index is 1.34. The number of carbonyl (C=O) groups is 1. The summed E-state index contributed by atoms with van der Waals surface area (Å²) in [5, 5.41) is 9.61. The zero-order valence-corrected chi connectivity index (χ0v) is 17.8. The molecule has 0 radical (unpaired) electrons. The summed E-state index contributed by atoms with van der Waals surface area (Å²) in [4.78, 5) is 17.2. The summed E-state index contributed by atoms with van der Waals surface area (Å²) in [6.07, 6.45) is 1.58. The molecule has 2 aromatic heterocycles. The molecule has 152 valence electrons. The Morgan fingerprint density at radius 2 is 2.03 bits per heavy atom. The molecule has 30 heavy (non-hydrogen) atoms. The summed E-state index contributed by atoms with van der Waals surface area (Å²) in [6.45, 7) is 2.94. The van der Waals surface area contributed by atoms with Gasteiger partial charge in [0.05, 0.1) is 11.4 Å². The third-order valence-electron chi connectivity index (χ3n) is 4.27. The lowest BCUT2D eigenvalue weighted by atomic mass is 10.2. The zero-order chi connectivity index (χ0) is 20.9. The minimum absolute atomic E-state index is 0.248. The van der Waals surface area contributed by atoms with Crippen LogP contribution < -0.4 is 10.1 Å². The van der Waals surface area contributed by atoms with Crippen LogP contribution in [0, 0.1) is 6.92 Å². The SMILES string of the molecule is Cc1cccc(OCc2csc(C(=O)Nc3ncn(Cc4cccc(Cl)c4)n3)c2)c1. The van der Waals surface area contributed by atoms with E-state index in [1.54, 1.807) is 11.0 Å². The van der Waals surface area contributed by atoms with Gasteiger partial charge in [-0.3, -0.25) is 10.1 Å². The van der Waals surface area contributed by atoms with Crippen LogP contribution in [0.25, 0.3) is 0 Å². The average Bonchev–Trinajstić information content (AvgIpc) is 3.36. The molecule has 2 heterocycles. The molecule has 2 aromatic carbocycles. The standard InChI is InChI=1S/C22H19ClN4O2S/c1-15-4-2-7-19(8-15)29-12-17-10-20(30-13-17)21(28)25-22-24-14-27(26-22)11-16-5-3-6-18(23)9-16/h2-10,13-14H,11-12H2,1H3,(H,25,26,28). The Labute approximate surface area is 183 Å². The summed E-state index contributed by atoms with van der Waals surface area (Å²) in [5.41, 5.74) is 3.08. The number of nitrogens with one attached hydrogen (secondary N) is 1. The number of aryl methyl sites for hydroxylation is 1. The van der Waals surface area contributed by atoms with E-state index in [0.29, 0.717) is 23.1 Å². The van der Waals surface area contributed by atoms with Gasteiger partial charge in [-0.05, 0) is 53.8 Å². The lowest BCUT2D eigenvalue weighted by Gasteiger charge is -2.05. The summed E-state index contributed by atoms with van der Waals surface area (Å²) in [6, 6.07) is 17.2. The summed E-state index contributed by atoms with van der Waals surface area (Å²) < 4.78 is 7.44. The molecule has 0 fully saturated rings. The molecule has 0 aliphatic rings. The molecule has 0 saturated carbocycles. The number of ether oxygens (including phenoxy) is 1. The van der Waals surface area contributed by atoms with Gasteiger partial charge in [-0.2, -0.15) is 0 Å². The van der Waals surface area contributed by atoms with Crippen LogP contribution in [-0.2, 0) is 13.2 Å². The average molecular weight is 439 g/mol. The second kappa shape index (κ2) is 9.11. The fourth-order valence-electron chi connectivity index (χ4n) is 2.86. The van der Waals surface area contributed by atoms with E-state index < -0.39 is 0 Å². The fraction of sp³-hybridized carbons (Fsp3) is 0.136. The van der Waals surface area contributed by atoms with Gasteiger partial charge >= 0.3 is 0 Å². The quantitative estimate of drug-likeness (QED) is 0.431. The molecule has 4 rings (SSSR count). The van der Waals surface area contributed by atoms with E-state index in [9.17, 15) is 4.79 Å². The van der Waals surface area contributed by atoms with Crippen molar-refractivity contribution >= 4 is 34.8 Å². The maximum Gasteiger partial charge on any atom is 0.268 e. The number of benzene rings is 2. The van der Waals surface area contributed by atoms with Crippen molar-refractivity contribution in [1.82, 2.24) is 14.8 Å². The van der Waals surface area contributed by atoms with E-state index in [4.69, 9.17) is 16.3 Å². The van der Waals surface area contributed by atoms with Gasteiger partial charge in [0.2, 0.25) is 5.95 Å². The highest BCUT2D eigenvalue weighted by Gasteiger charge is 2.12. The monoisotopic (exact) mass is 438 g/mol. The van der Waals surface area contributed by atoms with Crippen LogP contribution >= 0.6 is 22.9 Å². The number of rotatable bonds is 7. The number of amides is 1. The van der Waals surface area contributed by atoms with Gasteiger partial charge in [-0.15, -0.1) is 16.4 Å². The summed E-state index contributed by atoms with van der Waals surface area (Å²) in [7, 11) is 0. The van der Waals surface area contributed by atoms with Crippen molar-refractivity contribution in [1.29, 1.82) is 0 Å². The Morgan fingerprint density at radius 1 is 1.17 bits per heavy atom. The van der Waals surface area contributed by atoms with Crippen molar-refractivity contribution in [3.63, 3.8) is 0 Å². The number of hydrogen-bond acceptors (Lipinski definition) is 5. The van der Waals surface area contributed by atoms with Gasteiger partial charge in [-0.1, -0.05) is 35.9 Å². The second-order valence-electron chi connectivity index (χ2n) is 6.77. The number of aromatic nitrogens is 3. The molecule has 6 nitrogen and oxygen atoms in total. The first-order valence-corrected chi connectivity index (χ1v) is 10.5. The maximum absolute atomic E-state index is 12.5. The molecule has 1 N–H and O–H groups in total. The van der Waals surface area contributed by atoms with Crippen molar-refractivity contribution in [3.05, 3.63) is 92.9 Å². The highest BCUT2D eigenvalue weighted by molar-refractivity contribution is 7.12. The Kier molecular flexibility index (Phi) is 6.11. The predicted molar refractivity (Wildman–Crippen MR) is 118 cm³/mol. The fourth-order valence-corrected chi connectivity index (χ4v) is 3.86. The normalized spacial score (nSPS) is 10.7. The lowest BCUT2D eigenvalue weighted by molar-refractivity contribution is 0.102.